The van der Waals surface area contributed by atoms with Crippen molar-refractivity contribution in [3.8, 4) is 11.5 Å². The first-order valence-electron chi connectivity index (χ1n) is 6.70. The molecular weight excluding hydrogens is 256 g/mol. The Balaban J connectivity index is 1.73. The van der Waals surface area contributed by atoms with Gasteiger partial charge >= 0.3 is 0 Å². The number of hydrogen-bond acceptors (Lipinski definition) is 5. The molecule has 1 aliphatic heterocycles. The first kappa shape index (κ1) is 12.7. The van der Waals surface area contributed by atoms with Gasteiger partial charge in [-0.3, -0.25) is 0 Å². The molecule has 1 aromatic heterocycles. The summed E-state index contributed by atoms with van der Waals surface area (Å²) < 4.78 is 16.4. The maximum absolute atomic E-state index is 6.04. The van der Waals surface area contributed by atoms with Crippen molar-refractivity contribution in [2.75, 3.05) is 24.3 Å². The van der Waals surface area contributed by atoms with Crippen LogP contribution >= 0.6 is 0 Å². The number of ether oxygens (including phenoxy) is 2. The van der Waals surface area contributed by atoms with Gasteiger partial charge in [0.15, 0.2) is 11.5 Å². The number of nitrogen functional groups attached to an aromatic ring is 1. The number of hydrogen-bond donors (Lipinski definition) is 2. The quantitative estimate of drug-likeness (QED) is 0.839. The summed E-state index contributed by atoms with van der Waals surface area (Å²) in [5.41, 5.74) is 7.55. The SMILES string of the molecule is CC(Cc1ccco1)Nc1cc2c(cc1N)OCCO2. The third-order valence-electron chi connectivity index (χ3n) is 3.20. The normalized spacial score (nSPS) is 14.8. The molecule has 0 bridgehead atoms. The van der Waals surface area contributed by atoms with Gasteiger partial charge in [0.1, 0.15) is 19.0 Å². The lowest BCUT2D eigenvalue weighted by atomic mass is 10.1. The Labute approximate surface area is 117 Å². The Kier molecular flexibility index (Phi) is 3.41. The zero-order valence-corrected chi connectivity index (χ0v) is 11.4. The van der Waals surface area contributed by atoms with Gasteiger partial charge in [0.2, 0.25) is 0 Å². The highest BCUT2D eigenvalue weighted by molar-refractivity contribution is 5.72. The van der Waals surface area contributed by atoms with Crippen LogP contribution in [0.2, 0.25) is 0 Å². The molecule has 3 N–H and O–H groups in total. The number of nitrogens with two attached hydrogens (primary N) is 1. The van der Waals surface area contributed by atoms with Crippen molar-refractivity contribution >= 4 is 11.4 Å². The highest BCUT2D eigenvalue weighted by Crippen LogP contribution is 2.37. The molecule has 0 radical (unpaired) electrons. The van der Waals surface area contributed by atoms with Crippen LogP contribution in [0.5, 0.6) is 11.5 Å². The molecule has 2 aromatic rings. The molecule has 0 amide bonds. The van der Waals surface area contributed by atoms with Crippen LogP contribution in [-0.2, 0) is 6.42 Å². The van der Waals surface area contributed by atoms with Crippen molar-refractivity contribution in [2.45, 2.75) is 19.4 Å². The maximum Gasteiger partial charge on any atom is 0.163 e. The number of furan rings is 1. The highest BCUT2D eigenvalue weighted by Gasteiger charge is 2.16. The van der Waals surface area contributed by atoms with Crippen molar-refractivity contribution in [2.24, 2.45) is 0 Å². The van der Waals surface area contributed by atoms with Crippen LogP contribution in [0.25, 0.3) is 0 Å². The van der Waals surface area contributed by atoms with Crippen molar-refractivity contribution < 1.29 is 13.9 Å². The van der Waals surface area contributed by atoms with E-state index in [0.717, 1.165) is 23.6 Å². The molecule has 5 nitrogen and oxygen atoms in total. The van der Waals surface area contributed by atoms with E-state index in [1.807, 2.05) is 18.2 Å². The maximum atomic E-state index is 6.04. The molecule has 5 heteroatoms. The zero-order valence-electron chi connectivity index (χ0n) is 11.4. The predicted octanol–water partition coefficient (Wildman–Crippen LogP) is 2.68. The molecule has 0 saturated carbocycles. The lowest BCUT2D eigenvalue weighted by Crippen LogP contribution is -2.20. The van der Waals surface area contributed by atoms with Gasteiger partial charge in [-0.25, -0.2) is 0 Å². The summed E-state index contributed by atoms with van der Waals surface area (Å²) in [6, 6.07) is 7.75. The third kappa shape index (κ3) is 2.66. The third-order valence-corrected chi connectivity index (χ3v) is 3.20. The van der Waals surface area contributed by atoms with Crippen LogP contribution in [0.3, 0.4) is 0 Å². The Morgan fingerprint density at radius 1 is 1.25 bits per heavy atom. The van der Waals surface area contributed by atoms with Gasteiger partial charge in [-0.2, -0.15) is 0 Å². The molecule has 0 spiro atoms. The second-order valence-corrected chi connectivity index (χ2v) is 4.91. The van der Waals surface area contributed by atoms with Gasteiger partial charge in [-0.1, -0.05) is 0 Å². The molecule has 106 valence electrons. The van der Waals surface area contributed by atoms with Crippen molar-refractivity contribution in [3.63, 3.8) is 0 Å². The molecule has 0 aliphatic carbocycles. The smallest absolute Gasteiger partial charge is 0.163 e. The summed E-state index contributed by atoms with van der Waals surface area (Å²) in [5.74, 6) is 2.39. The second kappa shape index (κ2) is 5.36. The van der Waals surface area contributed by atoms with Crippen LogP contribution < -0.4 is 20.5 Å². The van der Waals surface area contributed by atoms with Crippen LogP contribution in [0.15, 0.2) is 34.9 Å². The van der Waals surface area contributed by atoms with E-state index in [9.17, 15) is 0 Å². The van der Waals surface area contributed by atoms with Gasteiger partial charge in [-0.05, 0) is 19.1 Å². The highest BCUT2D eigenvalue weighted by atomic mass is 16.6. The summed E-state index contributed by atoms with van der Waals surface area (Å²) in [4.78, 5) is 0. The average Bonchev–Trinajstić information content (AvgIpc) is 2.92. The molecule has 1 unspecified atom stereocenters. The largest absolute Gasteiger partial charge is 0.486 e. The molecule has 1 aliphatic rings. The monoisotopic (exact) mass is 274 g/mol. The fourth-order valence-corrected chi connectivity index (χ4v) is 2.28. The molecule has 2 heterocycles. The standard InChI is InChI=1S/C15H18N2O3/c1-10(7-11-3-2-4-18-11)17-13-9-15-14(8-12(13)16)19-5-6-20-15/h2-4,8-10,17H,5-7,16H2,1H3. The zero-order chi connectivity index (χ0) is 13.9. The molecule has 1 atom stereocenters. The van der Waals surface area contributed by atoms with Crippen LogP contribution in [0.4, 0.5) is 11.4 Å². The lowest BCUT2D eigenvalue weighted by Gasteiger charge is -2.22. The molecule has 20 heavy (non-hydrogen) atoms. The van der Waals surface area contributed by atoms with E-state index in [1.165, 1.54) is 0 Å². The van der Waals surface area contributed by atoms with Crippen LogP contribution in [0, 0.1) is 0 Å². The van der Waals surface area contributed by atoms with Gasteiger partial charge < -0.3 is 24.9 Å². The second-order valence-electron chi connectivity index (χ2n) is 4.91. The number of nitrogens with one attached hydrogen (secondary N) is 1. The van der Waals surface area contributed by atoms with E-state index in [2.05, 4.69) is 12.2 Å². The van der Waals surface area contributed by atoms with E-state index in [0.29, 0.717) is 24.7 Å². The van der Waals surface area contributed by atoms with Crippen LogP contribution in [0.1, 0.15) is 12.7 Å². The number of fused-ring (bicyclic) bond motifs is 1. The fraction of sp³-hybridized carbons (Fsp3) is 0.333. The van der Waals surface area contributed by atoms with E-state index in [4.69, 9.17) is 19.6 Å². The summed E-state index contributed by atoms with van der Waals surface area (Å²) in [6.45, 7) is 3.21. The summed E-state index contributed by atoms with van der Waals surface area (Å²) >= 11 is 0. The Morgan fingerprint density at radius 2 is 2.00 bits per heavy atom. The topological polar surface area (TPSA) is 69.7 Å². The summed E-state index contributed by atoms with van der Waals surface area (Å²) in [6.07, 6.45) is 2.47. The van der Waals surface area contributed by atoms with Gasteiger partial charge in [0.25, 0.3) is 0 Å². The Bertz CT molecular complexity index is 581. The van der Waals surface area contributed by atoms with Crippen LogP contribution in [-0.4, -0.2) is 19.3 Å². The van der Waals surface area contributed by atoms with Crippen molar-refractivity contribution in [3.05, 3.63) is 36.3 Å². The van der Waals surface area contributed by atoms with E-state index < -0.39 is 0 Å². The van der Waals surface area contributed by atoms with Gasteiger partial charge in [-0.15, -0.1) is 0 Å². The molecular formula is C15H18N2O3. The molecule has 1 aromatic carbocycles. The summed E-state index contributed by atoms with van der Waals surface area (Å²) in [5, 5.41) is 3.38. The first-order chi connectivity index (χ1) is 9.72. The van der Waals surface area contributed by atoms with E-state index in [-0.39, 0.29) is 6.04 Å². The summed E-state index contributed by atoms with van der Waals surface area (Å²) in [7, 11) is 0. The minimum absolute atomic E-state index is 0.200. The average molecular weight is 274 g/mol. The lowest BCUT2D eigenvalue weighted by molar-refractivity contribution is 0.172. The van der Waals surface area contributed by atoms with Gasteiger partial charge in [0.05, 0.1) is 17.6 Å². The predicted molar refractivity (Wildman–Crippen MR) is 77.3 cm³/mol. The molecule has 0 saturated heterocycles. The van der Waals surface area contributed by atoms with E-state index >= 15 is 0 Å². The first-order valence-corrected chi connectivity index (χ1v) is 6.70. The van der Waals surface area contributed by atoms with Crippen molar-refractivity contribution in [1.29, 1.82) is 0 Å². The van der Waals surface area contributed by atoms with Crippen molar-refractivity contribution in [1.82, 2.24) is 0 Å². The minimum Gasteiger partial charge on any atom is -0.486 e. The minimum atomic E-state index is 0.200. The molecule has 0 fully saturated rings. The Morgan fingerprint density at radius 3 is 2.70 bits per heavy atom. The fourth-order valence-electron chi connectivity index (χ4n) is 2.28. The Hall–Kier alpha value is -2.30. The number of rotatable bonds is 4. The molecule has 3 rings (SSSR count). The van der Waals surface area contributed by atoms with Gasteiger partial charge in [0, 0.05) is 24.6 Å². The number of benzene rings is 1. The number of anilines is 2. The van der Waals surface area contributed by atoms with E-state index in [1.54, 1.807) is 12.3 Å².